The first kappa shape index (κ1) is 10.9. The van der Waals surface area contributed by atoms with Crippen molar-refractivity contribution in [3.63, 3.8) is 0 Å². The molecule has 0 saturated carbocycles. The lowest BCUT2D eigenvalue weighted by Gasteiger charge is -2.09. The Bertz CT molecular complexity index is 318. The number of phenols is 1. The van der Waals surface area contributed by atoms with Crippen molar-refractivity contribution in [2.24, 2.45) is 0 Å². The maximum Gasteiger partial charge on any atom is 0.393 e. The molecule has 1 rings (SSSR count). The fourth-order valence-corrected chi connectivity index (χ4v) is 1.19. The van der Waals surface area contributed by atoms with Gasteiger partial charge in [0.05, 0.1) is 6.42 Å². The lowest BCUT2D eigenvalue weighted by atomic mass is 10.1. The minimum Gasteiger partial charge on any atom is -0.508 e. The number of aryl methyl sites for hydroxylation is 1. The molecule has 78 valence electrons. The number of aromatic hydroxyl groups is 1. The van der Waals surface area contributed by atoms with Crippen molar-refractivity contribution in [3.8, 4) is 5.75 Å². The van der Waals surface area contributed by atoms with Crippen LogP contribution in [0.15, 0.2) is 18.2 Å². The average molecular weight is 204 g/mol. The van der Waals surface area contributed by atoms with Crippen LogP contribution >= 0.6 is 0 Å². The average Bonchev–Trinajstić information content (AvgIpc) is 2.06. The highest BCUT2D eigenvalue weighted by molar-refractivity contribution is 5.36. The van der Waals surface area contributed by atoms with E-state index in [0.29, 0.717) is 6.42 Å². The number of hydrogen-bond donors (Lipinski definition) is 1. The molecule has 0 unspecified atom stereocenters. The molecule has 0 atom stereocenters. The molecular weight excluding hydrogens is 193 g/mol. The van der Waals surface area contributed by atoms with Gasteiger partial charge in [-0.2, -0.15) is 13.2 Å². The van der Waals surface area contributed by atoms with Crippen molar-refractivity contribution in [2.45, 2.75) is 25.9 Å². The second-order valence-corrected chi connectivity index (χ2v) is 3.11. The standard InChI is InChI=1S/C10H11F3O/c1-2-7-3-4-8(9(14)5-7)6-10(11,12)13/h3-5,14H,2,6H2,1H3. The molecule has 4 heteroatoms. The van der Waals surface area contributed by atoms with Crippen LogP contribution in [0.2, 0.25) is 0 Å². The summed E-state index contributed by atoms with van der Waals surface area (Å²) in [6.45, 7) is 1.87. The smallest absolute Gasteiger partial charge is 0.393 e. The Kier molecular flexibility index (Phi) is 3.03. The molecule has 0 heterocycles. The molecule has 1 aromatic carbocycles. The van der Waals surface area contributed by atoms with E-state index in [4.69, 9.17) is 0 Å². The molecule has 0 aromatic heterocycles. The third kappa shape index (κ3) is 2.94. The van der Waals surface area contributed by atoms with Crippen LogP contribution < -0.4 is 0 Å². The summed E-state index contributed by atoms with van der Waals surface area (Å²) < 4.78 is 36.0. The van der Waals surface area contributed by atoms with E-state index in [1.165, 1.54) is 12.1 Å². The minimum atomic E-state index is -4.27. The van der Waals surface area contributed by atoms with Crippen LogP contribution in [-0.2, 0) is 12.8 Å². The number of benzene rings is 1. The Balaban J connectivity index is 2.89. The predicted octanol–water partition coefficient (Wildman–Crippen LogP) is 3.06. The van der Waals surface area contributed by atoms with E-state index < -0.39 is 12.6 Å². The molecule has 0 aliphatic rings. The SMILES string of the molecule is CCc1ccc(CC(F)(F)F)c(O)c1. The van der Waals surface area contributed by atoms with E-state index in [9.17, 15) is 18.3 Å². The fourth-order valence-electron chi connectivity index (χ4n) is 1.19. The van der Waals surface area contributed by atoms with Gasteiger partial charge in [-0.3, -0.25) is 0 Å². The molecule has 1 nitrogen and oxygen atoms in total. The summed E-state index contributed by atoms with van der Waals surface area (Å²) in [4.78, 5) is 0. The van der Waals surface area contributed by atoms with E-state index >= 15 is 0 Å². The second-order valence-electron chi connectivity index (χ2n) is 3.11. The van der Waals surface area contributed by atoms with Gasteiger partial charge in [0.2, 0.25) is 0 Å². The maximum absolute atomic E-state index is 12.0. The number of hydrogen-bond acceptors (Lipinski definition) is 1. The van der Waals surface area contributed by atoms with Crippen LogP contribution in [0.1, 0.15) is 18.1 Å². The van der Waals surface area contributed by atoms with Gasteiger partial charge in [-0.15, -0.1) is 0 Å². The zero-order chi connectivity index (χ0) is 10.8. The van der Waals surface area contributed by atoms with Crippen LogP contribution in [0.25, 0.3) is 0 Å². The summed E-state index contributed by atoms with van der Waals surface area (Å²) in [5.41, 5.74) is 0.753. The highest BCUT2D eigenvalue weighted by Crippen LogP contribution is 2.27. The summed E-state index contributed by atoms with van der Waals surface area (Å²) in [7, 11) is 0. The molecule has 0 bridgehead atoms. The molecule has 0 aliphatic heterocycles. The van der Waals surface area contributed by atoms with Gasteiger partial charge < -0.3 is 5.11 Å². The first-order valence-electron chi connectivity index (χ1n) is 4.30. The summed E-state index contributed by atoms with van der Waals surface area (Å²) in [5, 5.41) is 9.29. The summed E-state index contributed by atoms with van der Waals surface area (Å²) in [6.07, 6.45) is -4.66. The Labute approximate surface area is 80.2 Å². The number of alkyl halides is 3. The molecule has 0 radical (unpaired) electrons. The Hall–Kier alpha value is -1.19. The van der Waals surface area contributed by atoms with Gasteiger partial charge in [0.15, 0.2) is 0 Å². The Morgan fingerprint density at radius 1 is 1.29 bits per heavy atom. The number of phenolic OH excluding ortho intramolecular Hbond substituents is 1. The zero-order valence-electron chi connectivity index (χ0n) is 7.73. The predicted molar refractivity (Wildman–Crippen MR) is 47.2 cm³/mol. The largest absolute Gasteiger partial charge is 0.508 e. The molecule has 0 spiro atoms. The third-order valence-corrected chi connectivity index (χ3v) is 1.95. The fraction of sp³-hybridized carbons (Fsp3) is 0.400. The molecule has 0 amide bonds. The van der Waals surface area contributed by atoms with E-state index in [2.05, 4.69) is 0 Å². The van der Waals surface area contributed by atoms with Crippen molar-refractivity contribution >= 4 is 0 Å². The van der Waals surface area contributed by atoms with E-state index in [0.717, 1.165) is 5.56 Å². The lowest BCUT2D eigenvalue weighted by molar-refractivity contribution is -0.127. The van der Waals surface area contributed by atoms with Gasteiger partial charge in [-0.1, -0.05) is 19.1 Å². The molecule has 0 saturated heterocycles. The van der Waals surface area contributed by atoms with Gasteiger partial charge in [0.25, 0.3) is 0 Å². The molecule has 0 fully saturated rings. The third-order valence-electron chi connectivity index (χ3n) is 1.95. The van der Waals surface area contributed by atoms with Crippen LogP contribution in [-0.4, -0.2) is 11.3 Å². The summed E-state index contributed by atoms with van der Waals surface area (Å²) in [5.74, 6) is -0.276. The number of halogens is 3. The molecule has 1 N–H and O–H groups in total. The van der Waals surface area contributed by atoms with Crippen LogP contribution in [0.4, 0.5) is 13.2 Å². The molecular formula is C10H11F3O. The first-order chi connectivity index (χ1) is 6.42. The van der Waals surface area contributed by atoms with Crippen molar-refractivity contribution in [2.75, 3.05) is 0 Å². The van der Waals surface area contributed by atoms with Crippen LogP contribution in [0, 0.1) is 0 Å². The quantitative estimate of drug-likeness (QED) is 0.784. The lowest BCUT2D eigenvalue weighted by Crippen LogP contribution is -2.11. The van der Waals surface area contributed by atoms with Gasteiger partial charge in [-0.25, -0.2) is 0 Å². The van der Waals surface area contributed by atoms with E-state index in [1.807, 2.05) is 6.92 Å². The normalized spacial score (nSPS) is 11.7. The topological polar surface area (TPSA) is 20.2 Å². The Morgan fingerprint density at radius 2 is 1.93 bits per heavy atom. The number of rotatable bonds is 2. The highest BCUT2D eigenvalue weighted by atomic mass is 19.4. The van der Waals surface area contributed by atoms with Crippen molar-refractivity contribution in [1.29, 1.82) is 0 Å². The van der Waals surface area contributed by atoms with Crippen molar-refractivity contribution in [3.05, 3.63) is 29.3 Å². The first-order valence-corrected chi connectivity index (χ1v) is 4.30. The second kappa shape index (κ2) is 3.90. The van der Waals surface area contributed by atoms with Gasteiger partial charge in [0, 0.05) is 5.56 Å². The summed E-state index contributed by atoms with van der Waals surface area (Å²) in [6, 6.07) is 4.30. The van der Waals surface area contributed by atoms with Crippen LogP contribution in [0.5, 0.6) is 5.75 Å². The maximum atomic E-state index is 12.0. The van der Waals surface area contributed by atoms with Crippen molar-refractivity contribution < 1.29 is 18.3 Å². The Morgan fingerprint density at radius 3 is 2.36 bits per heavy atom. The van der Waals surface area contributed by atoms with Crippen molar-refractivity contribution in [1.82, 2.24) is 0 Å². The van der Waals surface area contributed by atoms with Gasteiger partial charge in [0.1, 0.15) is 5.75 Å². The highest BCUT2D eigenvalue weighted by Gasteiger charge is 2.28. The molecule has 0 aliphatic carbocycles. The van der Waals surface area contributed by atoms with Gasteiger partial charge in [-0.05, 0) is 18.1 Å². The van der Waals surface area contributed by atoms with Crippen LogP contribution in [0.3, 0.4) is 0 Å². The van der Waals surface area contributed by atoms with E-state index in [-0.39, 0.29) is 11.3 Å². The summed E-state index contributed by atoms with van der Waals surface area (Å²) >= 11 is 0. The monoisotopic (exact) mass is 204 g/mol. The van der Waals surface area contributed by atoms with E-state index in [1.54, 1.807) is 6.07 Å². The van der Waals surface area contributed by atoms with Gasteiger partial charge >= 0.3 is 6.18 Å². The zero-order valence-corrected chi connectivity index (χ0v) is 7.73. The molecule has 1 aromatic rings. The molecule has 14 heavy (non-hydrogen) atoms. The minimum absolute atomic E-state index is 0.0744.